The molecule has 0 saturated heterocycles. The van der Waals surface area contributed by atoms with Crippen molar-refractivity contribution in [1.29, 1.82) is 0 Å². The molecule has 0 N–H and O–H groups in total. The number of esters is 1. The monoisotopic (exact) mass is 371 g/mol. The quantitative estimate of drug-likeness (QED) is 0.484. The minimum atomic E-state index is -0.452. The first-order valence-electron chi connectivity index (χ1n) is 8.58. The van der Waals surface area contributed by atoms with Crippen molar-refractivity contribution < 1.29 is 23.2 Å². The van der Waals surface area contributed by atoms with E-state index >= 15 is 0 Å². The van der Waals surface area contributed by atoms with Crippen LogP contribution < -0.4 is 10.4 Å². The fraction of sp³-hybridized carbons (Fsp3) is 0.350. The first-order chi connectivity index (χ1) is 12.9. The van der Waals surface area contributed by atoms with Gasteiger partial charge in [0, 0.05) is 23.4 Å². The molecule has 3 rings (SSSR count). The molecule has 0 fully saturated rings. The van der Waals surface area contributed by atoms with Gasteiger partial charge in [-0.2, -0.15) is 0 Å². The van der Waals surface area contributed by atoms with Gasteiger partial charge >= 0.3 is 11.6 Å². The fourth-order valence-electron chi connectivity index (χ4n) is 2.95. The molecule has 7 heteroatoms. The summed E-state index contributed by atoms with van der Waals surface area (Å²) >= 11 is 0. The van der Waals surface area contributed by atoms with E-state index in [2.05, 4.69) is 5.16 Å². The molecule has 27 heavy (non-hydrogen) atoms. The van der Waals surface area contributed by atoms with Crippen molar-refractivity contribution >= 4 is 16.9 Å². The number of hydrogen-bond acceptors (Lipinski definition) is 7. The Morgan fingerprint density at radius 2 is 1.96 bits per heavy atom. The Morgan fingerprint density at radius 1 is 1.19 bits per heavy atom. The SMILES string of the molecule is COc1ccc2c(C)c(CCC(=O)OCc3c(C)noc3C)c(=O)oc2c1. The van der Waals surface area contributed by atoms with Gasteiger partial charge in [0.15, 0.2) is 0 Å². The minimum absolute atomic E-state index is 0.0800. The van der Waals surface area contributed by atoms with E-state index in [4.69, 9.17) is 18.4 Å². The minimum Gasteiger partial charge on any atom is -0.497 e. The number of aryl methyl sites for hydroxylation is 3. The van der Waals surface area contributed by atoms with Crippen LogP contribution >= 0.6 is 0 Å². The third-order valence-corrected chi connectivity index (χ3v) is 4.63. The zero-order chi connectivity index (χ0) is 19.6. The number of nitrogens with zero attached hydrogens (tertiary/aromatic N) is 1. The highest BCUT2D eigenvalue weighted by atomic mass is 16.5. The highest BCUT2D eigenvalue weighted by Crippen LogP contribution is 2.24. The fourth-order valence-corrected chi connectivity index (χ4v) is 2.95. The normalized spacial score (nSPS) is 11.0. The largest absolute Gasteiger partial charge is 0.497 e. The number of benzene rings is 1. The first-order valence-corrected chi connectivity index (χ1v) is 8.58. The third kappa shape index (κ3) is 3.86. The van der Waals surface area contributed by atoms with E-state index in [-0.39, 0.29) is 19.4 Å². The number of hydrogen-bond donors (Lipinski definition) is 0. The van der Waals surface area contributed by atoms with Gasteiger partial charge in [-0.25, -0.2) is 4.79 Å². The second-order valence-corrected chi connectivity index (χ2v) is 6.32. The second kappa shape index (κ2) is 7.65. The standard InChI is InChI=1S/C20H21NO6/c1-11-15-6-5-14(24-4)9-18(15)26-20(23)16(11)7-8-19(22)25-10-17-12(2)21-27-13(17)3/h5-6,9H,7-8,10H2,1-4H3. The molecule has 3 aromatic rings. The van der Waals surface area contributed by atoms with Crippen LogP contribution in [0.3, 0.4) is 0 Å². The van der Waals surface area contributed by atoms with Crippen LogP contribution in [-0.4, -0.2) is 18.2 Å². The van der Waals surface area contributed by atoms with E-state index in [1.165, 1.54) is 0 Å². The second-order valence-electron chi connectivity index (χ2n) is 6.32. The topological polar surface area (TPSA) is 91.8 Å². The van der Waals surface area contributed by atoms with Gasteiger partial charge in [-0.05, 0) is 44.9 Å². The Morgan fingerprint density at radius 3 is 2.63 bits per heavy atom. The van der Waals surface area contributed by atoms with Gasteiger partial charge < -0.3 is 18.4 Å². The van der Waals surface area contributed by atoms with E-state index in [0.29, 0.717) is 28.4 Å². The molecular weight excluding hydrogens is 350 g/mol. The summed E-state index contributed by atoms with van der Waals surface area (Å²) < 4.78 is 20.9. The van der Waals surface area contributed by atoms with Crippen LogP contribution in [0.25, 0.3) is 11.0 Å². The number of ether oxygens (including phenoxy) is 2. The van der Waals surface area contributed by atoms with Crippen LogP contribution in [0.4, 0.5) is 0 Å². The van der Waals surface area contributed by atoms with Crippen molar-refractivity contribution in [3.8, 4) is 5.75 Å². The lowest BCUT2D eigenvalue weighted by Crippen LogP contribution is -2.14. The Balaban J connectivity index is 1.71. The number of carbonyl (C=O) groups is 1. The molecule has 7 nitrogen and oxygen atoms in total. The Bertz CT molecular complexity index is 1030. The molecule has 2 aromatic heterocycles. The van der Waals surface area contributed by atoms with E-state index in [9.17, 15) is 9.59 Å². The number of fused-ring (bicyclic) bond motifs is 1. The zero-order valence-corrected chi connectivity index (χ0v) is 15.8. The van der Waals surface area contributed by atoms with E-state index in [1.807, 2.05) is 13.0 Å². The van der Waals surface area contributed by atoms with Gasteiger partial charge in [-0.15, -0.1) is 0 Å². The van der Waals surface area contributed by atoms with Gasteiger partial charge in [0.2, 0.25) is 0 Å². The summed E-state index contributed by atoms with van der Waals surface area (Å²) in [4.78, 5) is 24.4. The first kappa shape index (κ1) is 18.7. The van der Waals surface area contributed by atoms with Gasteiger partial charge in [0.05, 0.1) is 18.4 Å². The molecular formula is C20H21NO6. The lowest BCUT2D eigenvalue weighted by atomic mass is 10.0. The molecule has 0 spiro atoms. The van der Waals surface area contributed by atoms with Crippen molar-refractivity contribution in [2.45, 2.75) is 40.2 Å². The maximum absolute atomic E-state index is 12.3. The molecule has 0 aliphatic carbocycles. The van der Waals surface area contributed by atoms with E-state index in [1.54, 1.807) is 33.1 Å². The van der Waals surface area contributed by atoms with E-state index in [0.717, 1.165) is 16.5 Å². The van der Waals surface area contributed by atoms with Crippen LogP contribution in [0, 0.1) is 20.8 Å². The number of carbonyl (C=O) groups excluding carboxylic acids is 1. The summed E-state index contributed by atoms with van der Waals surface area (Å²) in [5.41, 5.74) is 2.73. The Kier molecular flexibility index (Phi) is 5.30. The summed E-state index contributed by atoms with van der Waals surface area (Å²) in [5.74, 6) is 0.839. The molecule has 0 unspecified atom stereocenters. The van der Waals surface area contributed by atoms with Gasteiger partial charge in [0.1, 0.15) is 23.7 Å². The molecule has 142 valence electrons. The lowest BCUT2D eigenvalue weighted by Gasteiger charge is -2.09. The molecule has 0 bridgehead atoms. The molecule has 0 aliphatic heterocycles. The van der Waals surface area contributed by atoms with Crippen molar-refractivity contribution in [3.63, 3.8) is 0 Å². The number of rotatable bonds is 6. The molecule has 0 radical (unpaired) electrons. The van der Waals surface area contributed by atoms with Crippen LogP contribution in [0.15, 0.2) is 31.9 Å². The van der Waals surface area contributed by atoms with Crippen LogP contribution in [-0.2, 0) is 22.6 Å². The average Bonchev–Trinajstić information content (AvgIpc) is 2.97. The van der Waals surface area contributed by atoms with E-state index < -0.39 is 11.6 Å². The average molecular weight is 371 g/mol. The number of methoxy groups -OCH3 is 1. The van der Waals surface area contributed by atoms with Gasteiger partial charge in [-0.1, -0.05) is 5.16 Å². The Labute approximate surface area is 155 Å². The zero-order valence-electron chi connectivity index (χ0n) is 15.8. The molecule has 0 atom stereocenters. The molecule has 2 heterocycles. The predicted octanol–water partition coefficient (Wildman–Crippen LogP) is 3.39. The van der Waals surface area contributed by atoms with Crippen molar-refractivity contribution in [2.24, 2.45) is 0 Å². The summed E-state index contributed by atoms with van der Waals surface area (Å²) in [7, 11) is 1.55. The number of aromatic nitrogens is 1. The van der Waals surface area contributed by atoms with Crippen molar-refractivity contribution in [3.05, 3.63) is 56.8 Å². The van der Waals surface area contributed by atoms with Crippen molar-refractivity contribution in [2.75, 3.05) is 7.11 Å². The highest BCUT2D eigenvalue weighted by molar-refractivity contribution is 5.82. The molecule has 0 aliphatic rings. The smallest absolute Gasteiger partial charge is 0.339 e. The van der Waals surface area contributed by atoms with Gasteiger partial charge in [-0.3, -0.25) is 4.79 Å². The summed E-state index contributed by atoms with van der Waals surface area (Å²) in [6.07, 6.45) is 0.327. The highest BCUT2D eigenvalue weighted by Gasteiger charge is 2.16. The predicted molar refractivity (Wildman–Crippen MR) is 97.9 cm³/mol. The summed E-state index contributed by atoms with van der Waals surface area (Å²) in [6, 6.07) is 5.31. The van der Waals surface area contributed by atoms with Crippen LogP contribution in [0.2, 0.25) is 0 Å². The maximum Gasteiger partial charge on any atom is 0.339 e. The molecule has 1 aromatic carbocycles. The van der Waals surface area contributed by atoms with Crippen LogP contribution in [0.1, 0.15) is 34.6 Å². The molecule has 0 saturated carbocycles. The third-order valence-electron chi connectivity index (χ3n) is 4.63. The van der Waals surface area contributed by atoms with Gasteiger partial charge in [0.25, 0.3) is 0 Å². The summed E-state index contributed by atoms with van der Waals surface area (Å²) in [5, 5.41) is 4.64. The Hall–Kier alpha value is -3.09. The lowest BCUT2D eigenvalue weighted by molar-refractivity contribution is -0.144. The van der Waals surface area contributed by atoms with Crippen LogP contribution in [0.5, 0.6) is 5.75 Å². The molecule has 0 amide bonds. The maximum atomic E-state index is 12.3. The van der Waals surface area contributed by atoms with Crippen molar-refractivity contribution in [1.82, 2.24) is 5.16 Å². The summed E-state index contributed by atoms with van der Waals surface area (Å²) in [6.45, 7) is 5.50.